The van der Waals surface area contributed by atoms with Gasteiger partial charge in [-0.2, -0.15) is 5.26 Å². The second-order valence-electron chi connectivity index (χ2n) is 7.28. The number of amides is 2. The van der Waals surface area contributed by atoms with E-state index < -0.39 is 29.7 Å². The van der Waals surface area contributed by atoms with Crippen molar-refractivity contribution in [3.8, 4) is 6.07 Å². The number of hydrogen-bond acceptors (Lipinski definition) is 8. The Balaban J connectivity index is 1.90. The summed E-state index contributed by atoms with van der Waals surface area (Å²) in [6.45, 7) is 0. The van der Waals surface area contributed by atoms with Crippen molar-refractivity contribution in [2.75, 3.05) is 25.3 Å². The molecule has 0 spiro atoms. The number of allylic oxidation sites excluding steroid dienone is 1. The van der Waals surface area contributed by atoms with Crippen molar-refractivity contribution < 1.29 is 28.7 Å². The summed E-state index contributed by atoms with van der Waals surface area (Å²) < 4.78 is 9.50. The van der Waals surface area contributed by atoms with Gasteiger partial charge in [0.1, 0.15) is 5.92 Å². The zero-order valence-electron chi connectivity index (χ0n) is 18.7. The number of hydrogen-bond donors (Lipinski definition) is 2. The summed E-state index contributed by atoms with van der Waals surface area (Å²) in [5, 5.41) is 15.9. The van der Waals surface area contributed by atoms with Crippen molar-refractivity contribution >= 4 is 52.8 Å². The van der Waals surface area contributed by atoms with Crippen LogP contribution in [0.15, 0.2) is 59.1 Å². The average molecular weight is 514 g/mol. The molecule has 3 rings (SSSR count). The Morgan fingerprint density at radius 3 is 2.31 bits per heavy atom. The lowest BCUT2D eigenvalue weighted by Gasteiger charge is -2.31. The second kappa shape index (κ2) is 11.6. The summed E-state index contributed by atoms with van der Waals surface area (Å²) in [7, 11) is 2.40. The Kier molecular flexibility index (Phi) is 8.52. The lowest BCUT2D eigenvalue weighted by Crippen LogP contribution is -2.44. The van der Waals surface area contributed by atoms with Crippen molar-refractivity contribution in [2.24, 2.45) is 5.92 Å². The minimum Gasteiger partial charge on any atom is -0.468 e. The van der Waals surface area contributed by atoms with Crippen LogP contribution < -0.4 is 10.6 Å². The van der Waals surface area contributed by atoms with Crippen LogP contribution in [0.5, 0.6) is 0 Å². The van der Waals surface area contributed by atoms with E-state index >= 15 is 0 Å². The molecule has 9 nitrogen and oxygen atoms in total. The van der Waals surface area contributed by atoms with Gasteiger partial charge in [-0.1, -0.05) is 35.5 Å². The number of rotatable bonds is 7. The number of carbonyl (C=O) groups excluding carboxylic acids is 4. The number of nitrogens with zero attached hydrogens (tertiary/aromatic N) is 1. The summed E-state index contributed by atoms with van der Waals surface area (Å²) in [5.74, 6) is -4.83. The van der Waals surface area contributed by atoms with Crippen molar-refractivity contribution in [1.82, 2.24) is 5.32 Å². The summed E-state index contributed by atoms with van der Waals surface area (Å²) in [5.41, 5.74) is 1.34. The van der Waals surface area contributed by atoms with Gasteiger partial charge in [0.05, 0.1) is 42.2 Å². The first-order chi connectivity index (χ1) is 16.8. The van der Waals surface area contributed by atoms with E-state index in [1.165, 1.54) is 19.2 Å². The van der Waals surface area contributed by atoms with Crippen LogP contribution in [-0.2, 0) is 23.9 Å². The monoisotopic (exact) mass is 513 g/mol. The number of nitrogens with one attached hydrogen (secondary N) is 2. The molecule has 0 bridgehead atoms. The van der Waals surface area contributed by atoms with Crippen LogP contribution in [0.25, 0.3) is 0 Å². The molecule has 0 radical (unpaired) electrons. The molecule has 11 heteroatoms. The highest BCUT2D eigenvalue weighted by Gasteiger charge is 2.44. The molecule has 2 N–H and O–H groups in total. The molecular formula is C24H20ClN3O6S. The molecule has 180 valence electrons. The van der Waals surface area contributed by atoms with Crippen LogP contribution in [0.1, 0.15) is 21.8 Å². The Labute approximate surface area is 210 Å². The molecule has 0 aromatic heterocycles. The largest absolute Gasteiger partial charge is 0.468 e. The van der Waals surface area contributed by atoms with Gasteiger partial charge in [0.25, 0.3) is 0 Å². The van der Waals surface area contributed by atoms with E-state index in [4.69, 9.17) is 21.1 Å². The first-order valence-corrected chi connectivity index (χ1v) is 11.5. The molecule has 1 heterocycles. The highest BCUT2D eigenvalue weighted by atomic mass is 35.5. The third-order valence-electron chi connectivity index (χ3n) is 5.15. The number of esters is 2. The maximum atomic E-state index is 12.9. The molecule has 2 aromatic rings. The SMILES string of the molecule is COC(=O)c1ccc([C@H]2C(C#N)=C(SCC(=O)Nc3ccc(Cl)cc3)NC(=O)[C@H]2C(=O)OC)cc1. The predicted molar refractivity (Wildman–Crippen MR) is 129 cm³/mol. The fourth-order valence-corrected chi connectivity index (χ4v) is 4.47. The van der Waals surface area contributed by atoms with Gasteiger partial charge in [-0.15, -0.1) is 0 Å². The van der Waals surface area contributed by atoms with E-state index in [1.807, 2.05) is 0 Å². The summed E-state index contributed by atoms with van der Waals surface area (Å²) in [6.07, 6.45) is 0. The summed E-state index contributed by atoms with van der Waals surface area (Å²) in [4.78, 5) is 49.5. The van der Waals surface area contributed by atoms with Gasteiger partial charge in [-0.3, -0.25) is 14.4 Å². The summed E-state index contributed by atoms with van der Waals surface area (Å²) >= 11 is 6.80. The quantitative estimate of drug-likeness (QED) is 0.425. The topological polar surface area (TPSA) is 135 Å². The van der Waals surface area contributed by atoms with Gasteiger partial charge < -0.3 is 20.1 Å². The maximum Gasteiger partial charge on any atom is 0.337 e. The predicted octanol–water partition coefficient (Wildman–Crippen LogP) is 3.24. The maximum absolute atomic E-state index is 12.9. The van der Waals surface area contributed by atoms with Crippen LogP contribution in [-0.4, -0.2) is 43.7 Å². The highest BCUT2D eigenvalue weighted by molar-refractivity contribution is 8.03. The Morgan fingerprint density at radius 1 is 1.09 bits per heavy atom. The fraction of sp³-hybridized carbons (Fsp3) is 0.208. The van der Waals surface area contributed by atoms with E-state index in [0.717, 1.165) is 18.9 Å². The number of carbonyl (C=O) groups is 4. The number of anilines is 1. The third-order valence-corrected chi connectivity index (χ3v) is 6.42. The molecule has 2 amide bonds. The number of thioether (sulfide) groups is 1. The molecule has 0 unspecified atom stereocenters. The van der Waals surface area contributed by atoms with Crippen molar-refractivity contribution in [3.05, 3.63) is 75.3 Å². The van der Waals surface area contributed by atoms with Gasteiger partial charge in [0.2, 0.25) is 11.8 Å². The highest BCUT2D eigenvalue weighted by Crippen LogP contribution is 2.40. The minimum atomic E-state index is -1.33. The van der Waals surface area contributed by atoms with Gasteiger partial charge in [0, 0.05) is 16.6 Å². The standard InChI is InChI=1S/C24H20ClN3O6S/c1-33-23(31)14-5-3-13(4-6-14)19-17(11-26)22(28-21(30)20(19)24(32)34-2)35-12-18(29)27-16-9-7-15(25)8-10-16/h3-10,19-20H,12H2,1-2H3,(H,27,29)(H,28,30)/t19-,20-/m0/s1. The zero-order chi connectivity index (χ0) is 25.5. The zero-order valence-corrected chi connectivity index (χ0v) is 20.2. The lowest BCUT2D eigenvalue weighted by molar-refractivity contribution is -0.150. The van der Waals surface area contributed by atoms with Gasteiger partial charge in [-0.05, 0) is 42.0 Å². The average Bonchev–Trinajstić information content (AvgIpc) is 2.87. The molecular weight excluding hydrogens is 494 g/mol. The lowest BCUT2D eigenvalue weighted by atomic mass is 9.78. The van der Waals surface area contributed by atoms with E-state index in [9.17, 15) is 24.4 Å². The first kappa shape index (κ1) is 25.8. The molecule has 2 aromatic carbocycles. The Morgan fingerprint density at radius 2 is 1.74 bits per heavy atom. The van der Waals surface area contributed by atoms with Crippen LogP contribution >= 0.6 is 23.4 Å². The van der Waals surface area contributed by atoms with Gasteiger partial charge in [-0.25, -0.2) is 4.79 Å². The van der Waals surface area contributed by atoms with Crippen LogP contribution in [0.3, 0.4) is 0 Å². The fourth-order valence-electron chi connectivity index (χ4n) is 3.49. The number of benzene rings is 2. The normalized spacial score (nSPS) is 17.1. The third kappa shape index (κ3) is 6.01. The van der Waals surface area contributed by atoms with E-state index in [0.29, 0.717) is 16.3 Å². The molecule has 0 saturated heterocycles. The van der Waals surface area contributed by atoms with Crippen molar-refractivity contribution in [3.63, 3.8) is 0 Å². The van der Waals surface area contributed by atoms with Crippen LogP contribution in [0, 0.1) is 17.2 Å². The minimum absolute atomic E-state index is 0.0927. The van der Waals surface area contributed by atoms with Crippen LogP contribution in [0.4, 0.5) is 5.69 Å². The molecule has 2 atom stereocenters. The number of halogens is 1. The summed E-state index contributed by atoms with van der Waals surface area (Å²) in [6, 6.07) is 14.6. The van der Waals surface area contributed by atoms with E-state index in [-0.39, 0.29) is 27.8 Å². The van der Waals surface area contributed by atoms with E-state index in [1.54, 1.807) is 36.4 Å². The number of methoxy groups -OCH3 is 2. The van der Waals surface area contributed by atoms with Gasteiger partial charge in [0.15, 0.2) is 0 Å². The Hall–Kier alpha value is -3.81. The molecule has 35 heavy (non-hydrogen) atoms. The molecule has 1 aliphatic heterocycles. The molecule has 1 aliphatic rings. The number of ether oxygens (including phenoxy) is 2. The van der Waals surface area contributed by atoms with Crippen LogP contribution in [0.2, 0.25) is 5.02 Å². The first-order valence-electron chi connectivity index (χ1n) is 10.2. The van der Waals surface area contributed by atoms with Gasteiger partial charge >= 0.3 is 11.9 Å². The molecule has 0 aliphatic carbocycles. The van der Waals surface area contributed by atoms with Crippen molar-refractivity contribution in [2.45, 2.75) is 5.92 Å². The smallest absolute Gasteiger partial charge is 0.337 e. The second-order valence-corrected chi connectivity index (χ2v) is 8.70. The number of nitriles is 1. The van der Waals surface area contributed by atoms with Crippen molar-refractivity contribution in [1.29, 1.82) is 5.26 Å². The Bertz CT molecular complexity index is 1220. The molecule has 0 fully saturated rings. The van der Waals surface area contributed by atoms with E-state index in [2.05, 4.69) is 16.7 Å². The molecule has 0 saturated carbocycles.